The third-order valence-corrected chi connectivity index (χ3v) is 5.80. The van der Waals surface area contributed by atoms with Gasteiger partial charge in [-0.2, -0.15) is 0 Å². The highest BCUT2D eigenvalue weighted by Gasteiger charge is 2.61. The van der Waals surface area contributed by atoms with E-state index in [1.54, 1.807) is 0 Å². The molecule has 24 heavy (non-hydrogen) atoms. The smallest absolute Gasteiger partial charge is 0.324 e. The van der Waals surface area contributed by atoms with Gasteiger partial charge in [0.05, 0.1) is 0 Å². The van der Waals surface area contributed by atoms with Crippen molar-refractivity contribution < 1.29 is 19.4 Å². The summed E-state index contributed by atoms with van der Waals surface area (Å²) >= 11 is 0. The predicted molar refractivity (Wildman–Crippen MR) is 95.6 cm³/mol. The second kappa shape index (κ2) is 8.35. The molecule has 1 aliphatic rings. The van der Waals surface area contributed by atoms with E-state index in [1.165, 1.54) is 0 Å². The minimum Gasteiger partial charge on any atom is -0.480 e. The molecule has 4 heteroatoms. The number of hydrogen-bond acceptors (Lipinski definition) is 3. The Morgan fingerprint density at radius 3 is 2.08 bits per heavy atom. The van der Waals surface area contributed by atoms with Crippen LogP contribution in [0.5, 0.6) is 0 Å². The van der Waals surface area contributed by atoms with Crippen LogP contribution in [0.25, 0.3) is 0 Å². The van der Waals surface area contributed by atoms with Gasteiger partial charge in [-0.3, -0.25) is 9.59 Å². The van der Waals surface area contributed by atoms with E-state index in [4.69, 9.17) is 4.74 Å². The van der Waals surface area contributed by atoms with Crippen molar-refractivity contribution in [3.05, 3.63) is 0 Å². The highest BCUT2D eigenvalue weighted by molar-refractivity contribution is 6.00. The molecule has 1 N–H and O–H groups in total. The zero-order chi connectivity index (χ0) is 18.7. The molecule has 1 rings (SSSR count). The van der Waals surface area contributed by atoms with Crippen LogP contribution in [-0.4, -0.2) is 23.1 Å². The van der Waals surface area contributed by atoms with E-state index < -0.39 is 17.4 Å². The number of ether oxygens (including phenoxy) is 1. The van der Waals surface area contributed by atoms with Gasteiger partial charge in [0.2, 0.25) is 0 Å². The van der Waals surface area contributed by atoms with Crippen molar-refractivity contribution in [1.29, 1.82) is 0 Å². The molecule has 0 bridgehead atoms. The molecule has 1 saturated carbocycles. The maximum Gasteiger partial charge on any atom is 0.324 e. The predicted octanol–water partition coefficient (Wildman–Crippen LogP) is 4.76. The standard InChI is InChI=1S/C20H36O4/c1-8-9-16(13(4)5)24-19(23)20(18(21)22)11-10-15(12(2)3)17(20)14(6)7/h12-17H,8-11H2,1-7H3,(H,21,22). The largest absolute Gasteiger partial charge is 0.480 e. The minimum atomic E-state index is -1.38. The molecular formula is C20H36O4. The molecule has 0 aromatic carbocycles. The van der Waals surface area contributed by atoms with Gasteiger partial charge in [0, 0.05) is 0 Å². The van der Waals surface area contributed by atoms with Gasteiger partial charge in [0.15, 0.2) is 5.41 Å². The molecule has 1 fully saturated rings. The van der Waals surface area contributed by atoms with Crippen molar-refractivity contribution in [1.82, 2.24) is 0 Å². The number of aliphatic carboxylic acids is 1. The minimum absolute atomic E-state index is 0.132. The van der Waals surface area contributed by atoms with Crippen LogP contribution in [0, 0.1) is 35.0 Å². The van der Waals surface area contributed by atoms with Crippen molar-refractivity contribution in [3.63, 3.8) is 0 Å². The molecule has 0 spiro atoms. The molecule has 140 valence electrons. The summed E-state index contributed by atoms with van der Waals surface area (Å²) in [5.74, 6) is -0.749. The van der Waals surface area contributed by atoms with Gasteiger partial charge >= 0.3 is 11.9 Å². The Balaban J connectivity index is 3.19. The number of carboxylic acids is 1. The van der Waals surface area contributed by atoms with Crippen LogP contribution in [0.1, 0.15) is 74.1 Å². The van der Waals surface area contributed by atoms with Gasteiger partial charge in [0.1, 0.15) is 6.10 Å². The fourth-order valence-electron chi connectivity index (χ4n) is 4.55. The van der Waals surface area contributed by atoms with Gasteiger partial charge in [-0.05, 0) is 48.9 Å². The van der Waals surface area contributed by atoms with Crippen LogP contribution in [0.15, 0.2) is 0 Å². The molecule has 0 aromatic rings. The number of esters is 1. The van der Waals surface area contributed by atoms with Crippen LogP contribution in [0.2, 0.25) is 0 Å². The van der Waals surface area contributed by atoms with Crippen molar-refractivity contribution in [2.24, 2.45) is 35.0 Å². The Kier molecular flexibility index (Phi) is 7.30. The molecule has 0 amide bonds. The van der Waals surface area contributed by atoms with Crippen molar-refractivity contribution >= 4 is 11.9 Å². The van der Waals surface area contributed by atoms with Crippen LogP contribution in [0.3, 0.4) is 0 Å². The van der Waals surface area contributed by atoms with Crippen molar-refractivity contribution in [3.8, 4) is 0 Å². The van der Waals surface area contributed by atoms with Gasteiger partial charge in [-0.15, -0.1) is 0 Å². The van der Waals surface area contributed by atoms with Crippen LogP contribution < -0.4 is 0 Å². The lowest BCUT2D eigenvalue weighted by atomic mass is 9.67. The number of rotatable bonds is 8. The summed E-state index contributed by atoms with van der Waals surface area (Å²) in [6.07, 6.45) is 2.66. The lowest BCUT2D eigenvalue weighted by Crippen LogP contribution is -2.48. The number of carbonyl (C=O) groups is 2. The maximum atomic E-state index is 13.1. The summed E-state index contributed by atoms with van der Waals surface area (Å²) in [7, 11) is 0. The summed E-state index contributed by atoms with van der Waals surface area (Å²) < 4.78 is 5.79. The summed E-state index contributed by atoms with van der Waals surface area (Å²) in [5, 5.41) is 10.0. The average Bonchev–Trinajstić information content (AvgIpc) is 2.88. The molecule has 0 saturated heterocycles. The van der Waals surface area contributed by atoms with Crippen molar-refractivity contribution in [2.45, 2.75) is 80.3 Å². The SMILES string of the molecule is CCCC(OC(=O)C1(C(=O)O)CCC(C(C)C)C1C(C)C)C(C)C. The van der Waals surface area contributed by atoms with Gasteiger partial charge in [-0.25, -0.2) is 0 Å². The first-order valence-electron chi connectivity index (χ1n) is 9.53. The Morgan fingerprint density at radius 1 is 1.12 bits per heavy atom. The summed E-state index contributed by atoms with van der Waals surface area (Å²) in [6.45, 7) is 14.4. The second-order valence-corrected chi connectivity index (χ2v) is 8.47. The fourth-order valence-corrected chi connectivity index (χ4v) is 4.55. The lowest BCUT2D eigenvalue weighted by molar-refractivity contribution is -0.180. The van der Waals surface area contributed by atoms with E-state index in [0.29, 0.717) is 12.3 Å². The number of carbonyl (C=O) groups excluding carboxylic acids is 1. The van der Waals surface area contributed by atoms with E-state index >= 15 is 0 Å². The molecule has 0 heterocycles. The Morgan fingerprint density at radius 2 is 1.71 bits per heavy atom. The Bertz CT molecular complexity index is 441. The first-order valence-corrected chi connectivity index (χ1v) is 9.53. The third-order valence-electron chi connectivity index (χ3n) is 5.80. The highest BCUT2D eigenvalue weighted by atomic mass is 16.5. The Labute approximate surface area is 147 Å². The van der Waals surface area contributed by atoms with Crippen LogP contribution in [-0.2, 0) is 14.3 Å². The second-order valence-electron chi connectivity index (χ2n) is 8.47. The molecule has 0 aliphatic heterocycles. The quantitative estimate of drug-likeness (QED) is 0.511. The maximum absolute atomic E-state index is 13.1. The van der Waals surface area contributed by atoms with E-state index in [9.17, 15) is 14.7 Å². The van der Waals surface area contributed by atoms with Gasteiger partial charge in [-0.1, -0.05) is 54.9 Å². The van der Waals surface area contributed by atoms with E-state index in [-0.39, 0.29) is 29.8 Å². The Hall–Kier alpha value is -1.06. The summed E-state index contributed by atoms with van der Waals surface area (Å²) in [6, 6.07) is 0. The van der Waals surface area contributed by atoms with E-state index in [2.05, 4.69) is 20.8 Å². The third kappa shape index (κ3) is 3.94. The van der Waals surface area contributed by atoms with Crippen molar-refractivity contribution in [2.75, 3.05) is 0 Å². The first kappa shape index (κ1) is 21.0. The van der Waals surface area contributed by atoms with Gasteiger partial charge < -0.3 is 9.84 Å². The molecule has 4 unspecified atom stereocenters. The normalized spacial score (nSPS) is 28.6. The van der Waals surface area contributed by atoms with Crippen LogP contribution in [0.4, 0.5) is 0 Å². The zero-order valence-electron chi connectivity index (χ0n) is 16.5. The number of carboxylic acid groups (broad SMARTS) is 1. The molecule has 0 aromatic heterocycles. The van der Waals surface area contributed by atoms with Gasteiger partial charge in [0.25, 0.3) is 0 Å². The summed E-state index contributed by atoms with van der Waals surface area (Å²) in [4.78, 5) is 25.3. The molecular weight excluding hydrogens is 304 g/mol. The molecule has 4 nitrogen and oxygen atoms in total. The molecule has 0 radical (unpaired) electrons. The van der Waals surface area contributed by atoms with E-state index in [1.807, 2.05) is 27.7 Å². The topological polar surface area (TPSA) is 63.6 Å². The zero-order valence-corrected chi connectivity index (χ0v) is 16.5. The number of hydrogen-bond donors (Lipinski definition) is 1. The molecule has 1 aliphatic carbocycles. The van der Waals surface area contributed by atoms with E-state index in [0.717, 1.165) is 19.3 Å². The van der Waals surface area contributed by atoms with Crippen LogP contribution >= 0.6 is 0 Å². The molecule has 4 atom stereocenters. The highest BCUT2D eigenvalue weighted by Crippen LogP contribution is 2.54. The first-order chi connectivity index (χ1) is 11.1. The monoisotopic (exact) mass is 340 g/mol. The lowest BCUT2D eigenvalue weighted by Gasteiger charge is -2.37. The average molecular weight is 341 g/mol. The fraction of sp³-hybridized carbons (Fsp3) is 0.900. The summed E-state index contributed by atoms with van der Waals surface area (Å²) in [5.41, 5.74) is -1.38.